The van der Waals surface area contributed by atoms with Crippen LogP contribution < -0.4 is 4.74 Å². The van der Waals surface area contributed by atoms with Gasteiger partial charge < -0.3 is 9.30 Å². The van der Waals surface area contributed by atoms with Gasteiger partial charge in [0.1, 0.15) is 5.75 Å². The first kappa shape index (κ1) is 19.3. The summed E-state index contributed by atoms with van der Waals surface area (Å²) in [5.74, 6) is 0.900. The van der Waals surface area contributed by atoms with Gasteiger partial charge in [0.15, 0.2) is 0 Å². The van der Waals surface area contributed by atoms with Gasteiger partial charge in [-0.3, -0.25) is 0 Å². The molecular formula is C23H30BrNO. The van der Waals surface area contributed by atoms with Crippen LogP contribution in [0.4, 0.5) is 0 Å². The molecule has 1 aromatic heterocycles. The predicted octanol–water partition coefficient (Wildman–Crippen LogP) is 7.71. The van der Waals surface area contributed by atoms with Crippen LogP contribution in [0.1, 0.15) is 58.3 Å². The van der Waals surface area contributed by atoms with E-state index in [9.17, 15) is 0 Å². The molecule has 140 valence electrons. The zero-order chi connectivity index (χ0) is 18.4. The number of fused-ring (bicyclic) bond motifs is 3. The smallest absolute Gasteiger partial charge is 0.135 e. The number of benzene rings is 2. The Morgan fingerprint density at radius 2 is 1.54 bits per heavy atom. The number of aromatic nitrogens is 1. The van der Waals surface area contributed by atoms with E-state index in [1.54, 1.807) is 7.11 Å². The van der Waals surface area contributed by atoms with Crippen molar-refractivity contribution in [1.82, 2.24) is 4.57 Å². The predicted molar refractivity (Wildman–Crippen MR) is 116 cm³/mol. The molecular weight excluding hydrogens is 386 g/mol. The van der Waals surface area contributed by atoms with Crippen molar-refractivity contribution in [2.45, 2.75) is 64.8 Å². The molecule has 0 saturated heterocycles. The van der Waals surface area contributed by atoms with Crippen LogP contribution in [0.25, 0.3) is 21.8 Å². The maximum atomic E-state index is 5.53. The second kappa shape index (κ2) is 9.45. The van der Waals surface area contributed by atoms with E-state index in [1.165, 1.54) is 73.2 Å². The Morgan fingerprint density at radius 1 is 0.846 bits per heavy atom. The van der Waals surface area contributed by atoms with Gasteiger partial charge >= 0.3 is 0 Å². The number of rotatable bonds is 10. The van der Waals surface area contributed by atoms with Crippen LogP contribution in [0.3, 0.4) is 0 Å². The van der Waals surface area contributed by atoms with Gasteiger partial charge in [0.25, 0.3) is 0 Å². The Kier molecular flexibility index (Phi) is 7.01. The van der Waals surface area contributed by atoms with E-state index < -0.39 is 0 Å². The number of aryl methyl sites for hydroxylation is 1. The standard InChI is InChI=1S/C23H30BrNO/c1-3-4-5-6-7-8-9-12-15-25-21-14-11-10-13-18(21)19-16-20(24)23(26-2)17-22(19)25/h10-11,13-14,16-17H,3-9,12,15H2,1-2H3. The second-order valence-corrected chi connectivity index (χ2v) is 8.00. The summed E-state index contributed by atoms with van der Waals surface area (Å²) in [7, 11) is 1.73. The average molecular weight is 416 g/mol. The number of para-hydroxylation sites is 1. The van der Waals surface area contributed by atoms with E-state index in [1.807, 2.05) is 0 Å². The Morgan fingerprint density at radius 3 is 2.27 bits per heavy atom. The number of nitrogens with zero attached hydrogens (tertiary/aromatic N) is 1. The Hall–Kier alpha value is -1.48. The third-order valence-corrected chi connectivity index (χ3v) is 5.90. The molecule has 0 radical (unpaired) electrons. The molecule has 0 aliphatic rings. The maximum absolute atomic E-state index is 5.53. The number of ether oxygens (including phenoxy) is 1. The molecule has 2 nitrogen and oxygen atoms in total. The number of halogens is 1. The molecule has 0 N–H and O–H groups in total. The van der Waals surface area contributed by atoms with Crippen molar-refractivity contribution in [3.63, 3.8) is 0 Å². The summed E-state index contributed by atoms with van der Waals surface area (Å²) < 4.78 is 9.02. The normalized spacial score (nSPS) is 11.5. The van der Waals surface area contributed by atoms with Crippen LogP contribution in [0, 0.1) is 0 Å². The van der Waals surface area contributed by atoms with Gasteiger partial charge in [-0.15, -0.1) is 0 Å². The molecule has 3 rings (SSSR count). The van der Waals surface area contributed by atoms with Crippen LogP contribution in [-0.2, 0) is 6.54 Å². The quantitative estimate of drug-likeness (QED) is 0.309. The molecule has 0 saturated carbocycles. The third kappa shape index (κ3) is 4.25. The van der Waals surface area contributed by atoms with E-state index in [-0.39, 0.29) is 0 Å². The zero-order valence-electron chi connectivity index (χ0n) is 16.1. The zero-order valence-corrected chi connectivity index (χ0v) is 17.6. The molecule has 0 aliphatic carbocycles. The third-order valence-electron chi connectivity index (χ3n) is 5.28. The first-order valence-electron chi connectivity index (χ1n) is 10.0. The topological polar surface area (TPSA) is 14.2 Å². The molecule has 0 aliphatic heterocycles. The van der Waals surface area contributed by atoms with E-state index >= 15 is 0 Å². The SMILES string of the molecule is CCCCCCCCCCn1c2ccccc2c2cc(Br)c(OC)cc21. The Bertz CT molecular complexity index is 852. The van der Waals surface area contributed by atoms with E-state index in [0.717, 1.165) is 16.8 Å². The number of hydrogen-bond donors (Lipinski definition) is 0. The minimum atomic E-state index is 0.900. The van der Waals surface area contributed by atoms with Crippen molar-refractivity contribution in [3.8, 4) is 5.75 Å². The van der Waals surface area contributed by atoms with Gasteiger partial charge in [0.05, 0.1) is 17.1 Å². The van der Waals surface area contributed by atoms with Gasteiger partial charge in [-0.05, 0) is 34.5 Å². The fraction of sp³-hybridized carbons (Fsp3) is 0.478. The van der Waals surface area contributed by atoms with E-state index in [4.69, 9.17) is 4.74 Å². The average Bonchev–Trinajstić information content (AvgIpc) is 2.96. The van der Waals surface area contributed by atoms with Gasteiger partial charge in [0, 0.05) is 28.9 Å². The highest BCUT2D eigenvalue weighted by Gasteiger charge is 2.13. The maximum Gasteiger partial charge on any atom is 0.135 e. The molecule has 1 heterocycles. The molecule has 2 aromatic carbocycles. The monoisotopic (exact) mass is 415 g/mol. The summed E-state index contributed by atoms with van der Waals surface area (Å²) in [6, 6.07) is 13.1. The first-order chi connectivity index (χ1) is 12.8. The van der Waals surface area contributed by atoms with Crippen LogP contribution in [0.2, 0.25) is 0 Å². The molecule has 26 heavy (non-hydrogen) atoms. The highest BCUT2D eigenvalue weighted by molar-refractivity contribution is 9.10. The fourth-order valence-electron chi connectivity index (χ4n) is 3.85. The minimum absolute atomic E-state index is 0.900. The van der Waals surface area contributed by atoms with Crippen molar-refractivity contribution >= 4 is 37.7 Å². The Balaban J connectivity index is 1.74. The minimum Gasteiger partial charge on any atom is -0.495 e. The number of unbranched alkanes of at least 4 members (excludes halogenated alkanes) is 7. The van der Waals surface area contributed by atoms with Crippen LogP contribution in [0.5, 0.6) is 5.75 Å². The summed E-state index contributed by atoms with van der Waals surface area (Å²) >= 11 is 3.64. The number of methoxy groups -OCH3 is 1. The number of hydrogen-bond acceptors (Lipinski definition) is 1. The van der Waals surface area contributed by atoms with Crippen molar-refractivity contribution in [3.05, 3.63) is 40.9 Å². The van der Waals surface area contributed by atoms with Crippen molar-refractivity contribution in [1.29, 1.82) is 0 Å². The lowest BCUT2D eigenvalue weighted by Crippen LogP contribution is -1.98. The second-order valence-electron chi connectivity index (χ2n) is 7.15. The van der Waals surface area contributed by atoms with Gasteiger partial charge in [-0.2, -0.15) is 0 Å². The molecule has 3 aromatic rings. The molecule has 0 fully saturated rings. The summed E-state index contributed by atoms with van der Waals surface area (Å²) in [4.78, 5) is 0. The molecule has 0 amide bonds. The first-order valence-corrected chi connectivity index (χ1v) is 10.8. The highest BCUT2D eigenvalue weighted by atomic mass is 79.9. The highest BCUT2D eigenvalue weighted by Crippen LogP contribution is 2.36. The summed E-state index contributed by atoms with van der Waals surface area (Å²) in [5.41, 5.74) is 2.60. The van der Waals surface area contributed by atoms with Crippen LogP contribution in [0.15, 0.2) is 40.9 Å². The van der Waals surface area contributed by atoms with Gasteiger partial charge in [0.2, 0.25) is 0 Å². The lowest BCUT2D eigenvalue weighted by molar-refractivity contribution is 0.412. The van der Waals surface area contributed by atoms with Gasteiger partial charge in [-0.25, -0.2) is 0 Å². The molecule has 0 spiro atoms. The van der Waals surface area contributed by atoms with Crippen molar-refractivity contribution in [2.24, 2.45) is 0 Å². The summed E-state index contributed by atoms with van der Waals surface area (Å²) in [6.45, 7) is 3.35. The van der Waals surface area contributed by atoms with E-state index in [2.05, 4.69) is 63.8 Å². The largest absolute Gasteiger partial charge is 0.495 e. The van der Waals surface area contributed by atoms with Crippen LogP contribution in [-0.4, -0.2) is 11.7 Å². The summed E-state index contributed by atoms with van der Waals surface area (Å²) in [6.07, 6.45) is 10.8. The van der Waals surface area contributed by atoms with Crippen LogP contribution >= 0.6 is 15.9 Å². The van der Waals surface area contributed by atoms with Crippen molar-refractivity contribution < 1.29 is 4.74 Å². The molecule has 0 atom stereocenters. The van der Waals surface area contributed by atoms with Crippen molar-refractivity contribution in [2.75, 3.05) is 7.11 Å². The molecule has 0 unspecified atom stereocenters. The van der Waals surface area contributed by atoms with Gasteiger partial charge in [-0.1, -0.05) is 70.1 Å². The lowest BCUT2D eigenvalue weighted by atomic mass is 10.1. The molecule has 3 heteroatoms. The Labute approximate surface area is 165 Å². The summed E-state index contributed by atoms with van der Waals surface area (Å²) in [5, 5.41) is 2.62. The fourth-order valence-corrected chi connectivity index (χ4v) is 4.35. The van der Waals surface area contributed by atoms with E-state index in [0.29, 0.717) is 0 Å². The molecule has 0 bridgehead atoms. The lowest BCUT2D eigenvalue weighted by Gasteiger charge is -2.09.